The molecule has 0 aromatic rings. The van der Waals surface area contributed by atoms with Crippen LogP contribution in [0, 0.1) is 0 Å². The Balaban J connectivity index is 0.00000338. The Morgan fingerprint density at radius 1 is 1.35 bits per heavy atom. The molecular weight excluding hydrogens is 375 g/mol. The van der Waals surface area contributed by atoms with Crippen molar-refractivity contribution in [1.29, 1.82) is 0 Å². The maximum atomic E-state index is 13.1. The molecule has 2 aliphatic rings. The average molecular weight is 396 g/mol. The van der Waals surface area contributed by atoms with Gasteiger partial charge in [-0.15, -0.1) is 0 Å². The Hall–Kier alpha value is -1.14. The van der Waals surface area contributed by atoms with E-state index in [1.807, 2.05) is 19.6 Å². The Labute approximate surface area is 173 Å². The van der Waals surface area contributed by atoms with Gasteiger partial charge in [-0.2, -0.15) is 5.06 Å². The number of cyclic esters (lactones) is 1. The molecule has 2 atom stereocenters. The summed E-state index contributed by atoms with van der Waals surface area (Å²) in [6, 6.07) is 0. The smallest absolute Gasteiger partial charge is 0.544 e. The van der Waals surface area contributed by atoms with Gasteiger partial charge in [0.15, 0.2) is 0 Å². The second kappa shape index (κ2) is 7.85. The van der Waals surface area contributed by atoms with Gasteiger partial charge in [0.1, 0.15) is 17.7 Å². The molecule has 0 bridgehead atoms. The number of carboxylic acids is 1. The normalized spacial score (nSPS) is 28.4. The predicted molar refractivity (Wildman–Crippen MR) is 82.1 cm³/mol. The number of hydrogen-bond donors (Lipinski definition) is 1. The fraction of sp³-hybridized carbons (Fsp3) is 0.714. The van der Waals surface area contributed by atoms with Crippen LogP contribution in [0.4, 0.5) is 4.79 Å². The van der Waals surface area contributed by atoms with Crippen LogP contribution in [0.3, 0.4) is 0 Å². The molecule has 1 N–H and O–H groups in total. The van der Waals surface area contributed by atoms with E-state index in [2.05, 4.69) is 5.32 Å². The summed E-state index contributed by atoms with van der Waals surface area (Å²) >= 11 is 0. The third kappa shape index (κ3) is 3.63. The molecule has 140 valence electrons. The Kier molecular flexibility index (Phi) is 6.91. The van der Waals surface area contributed by atoms with Crippen LogP contribution in [0.1, 0.15) is 19.8 Å². The van der Waals surface area contributed by atoms with Crippen LogP contribution in [0.5, 0.6) is 0 Å². The third-order valence-electron chi connectivity index (χ3n) is 4.43. The van der Waals surface area contributed by atoms with Crippen molar-refractivity contribution in [3.63, 3.8) is 0 Å². The Morgan fingerprint density at radius 3 is 2.38 bits per heavy atom. The van der Waals surface area contributed by atoms with E-state index in [1.165, 1.54) is 0 Å². The maximum absolute atomic E-state index is 13.1. The largest absolute Gasteiger partial charge is 1.00 e. The standard InChI is InChI=1S/C14H22N2O8Si.Na/c1-5-22-12(21)15-13(25(2,3)4)8-23-16(10(13)18)14(11(19)20)7-6-9(17)24-14;/h5-8H2,1-4H3,(H,15,21)(H,19,20);/q;+1/p-1/t13-,14?;/m0./s1. The van der Waals surface area contributed by atoms with Crippen LogP contribution in [-0.4, -0.2) is 61.2 Å². The van der Waals surface area contributed by atoms with Gasteiger partial charge in [0.05, 0.1) is 21.1 Å². The van der Waals surface area contributed by atoms with Gasteiger partial charge in [-0.05, 0) is 6.92 Å². The molecule has 0 aromatic carbocycles. The van der Waals surface area contributed by atoms with E-state index >= 15 is 0 Å². The summed E-state index contributed by atoms with van der Waals surface area (Å²) in [6.07, 6.45) is -1.29. The van der Waals surface area contributed by atoms with Gasteiger partial charge < -0.3 is 24.7 Å². The van der Waals surface area contributed by atoms with Gasteiger partial charge in [0, 0.05) is 6.42 Å². The molecule has 0 radical (unpaired) electrons. The molecule has 1 unspecified atom stereocenters. The molecule has 2 rings (SSSR count). The van der Waals surface area contributed by atoms with Gasteiger partial charge in [-0.1, -0.05) is 19.6 Å². The quantitative estimate of drug-likeness (QED) is 0.366. The zero-order chi connectivity index (χ0) is 19.0. The van der Waals surface area contributed by atoms with Crippen molar-refractivity contribution >= 4 is 32.0 Å². The molecule has 10 nitrogen and oxygen atoms in total. The number of alkyl carbamates (subject to hydrolysis) is 1. The van der Waals surface area contributed by atoms with E-state index in [0.717, 1.165) is 0 Å². The van der Waals surface area contributed by atoms with E-state index in [0.29, 0.717) is 5.06 Å². The first-order valence-corrected chi connectivity index (χ1v) is 11.4. The molecule has 2 heterocycles. The van der Waals surface area contributed by atoms with Crippen molar-refractivity contribution in [3.8, 4) is 0 Å². The molecular formula is C14H21N2NaO8Si. The molecule has 2 aliphatic heterocycles. The van der Waals surface area contributed by atoms with Crippen LogP contribution >= 0.6 is 0 Å². The fourth-order valence-electron chi connectivity index (χ4n) is 2.81. The number of carbonyl (C=O) groups excluding carboxylic acids is 4. The van der Waals surface area contributed by atoms with Gasteiger partial charge in [0.2, 0.25) is 0 Å². The number of carbonyl (C=O) groups is 4. The molecule has 0 spiro atoms. The first kappa shape index (κ1) is 22.9. The zero-order valence-electron chi connectivity index (χ0n) is 15.5. The van der Waals surface area contributed by atoms with Crippen LogP contribution in [0.2, 0.25) is 19.6 Å². The molecule has 26 heavy (non-hydrogen) atoms. The van der Waals surface area contributed by atoms with Gasteiger partial charge in [-0.25, -0.2) is 4.79 Å². The average Bonchev–Trinajstić information content (AvgIpc) is 3.02. The number of amides is 2. The molecule has 0 aliphatic carbocycles. The first-order chi connectivity index (χ1) is 11.5. The number of hydroxylamine groups is 2. The topological polar surface area (TPSA) is 134 Å². The Bertz CT molecular complexity index is 625. The Morgan fingerprint density at radius 2 is 1.96 bits per heavy atom. The van der Waals surface area contributed by atoms with Crippen molar-refractivity contribution in [2.24, 2.45) is 0 Å². The van der Waals surface area contributed by atoms with E-state index < -0.39 is 42.9 Å². The SMILES string of the molecule is CCOC(=O)N[C@]1([Si](C)(C)C)CON(C2(C(=O)[O-])CCC(=O)O2)C1=O.[Na+]. The monoisotopic (exact) mass is 396 g/mol. The number of esters is 1. The van der Waals surface area contributed by atoms with Crippen molar-refractivity contribution in [2.45, 2.75) is 50.3 Å². The number of nitrogens with one attached hydrogen (secondary N) is 1. The molecule has 2 saturated heterocycles. The van der Waals surface area contributed by atoms with Crippen molar-refractivity contribution in [1.82, 2.24) is 10.4 Å². The predicted octanol–water partition coefficient (Wildman–Crippen LogP) is -4.09. The van der Waals surface area contributed by atoms with Crippen LogP contribution in [0.25, 0.3) is 0 Å². The van der Waals surface area contributed by atoms with Crippen LogP contribution in [-0.2, 0) is 28.7 Å². The van der Waals surface area contributed by atoms with Crippen LogP contribution < -0.4 is 40.0 Å². The van der Waals surface area contributed by atoms with E-state index in [4.69, 9.17) is 14.3 Å². The number of carboxylic acid groups (broad SMARTS) is 1. The van der Waals surface area contributed by atoms with Crippen molar-refractivity contribution in [2.75, 3.05) is 13.2 Å². The summed E-state index contributed by atoms with van der Waals surface area (Å²) in [7, 11) is -2.49. The summed E-state index contributed by atoms with van der Waals surface area (Å²) in [6.45, 7) is 6.88. The molecule has 12 heteroatoms. The summed E-state index contributed by atoms with van der Waals surface area (Å²) in [5, 5.41) is 13.2. The molecule has 0 aromatic heterocycles. The summed E-state index contributed by atoms with van der Waals surface area (Å²) < 4.78 is 9.73. The second-order valence-corrected chi connectivity index (χ2v) is 12.3. The van der Waals surface area contributed by atoms with Gasteiger partial charge in [0.25, 0.3) is 11.6 Å². The van der Waals surface area contributed by atoms with Crippen molar-refractivity contribution in [3.05, 3.63) is 0 Å². The second-order valence-electron chi connectivity index (χ2n) is 6.92. The fourth-order valence-corrected chi connectivity index (χ4v) is 4.53. The summed E-state index contributed by atoms with van der Waals surface area (Å²) in [5.74, 6) is -3.32. The summed E-state index contributed by atoms with van der Waals surface area (Å²) in [5.41, 5.74) is -2.33. The molecule has 2 fully saturated rings. The zero-order valence-corrected chi connectivity index (χ0v) is 18.5. The van der Waals surface area contributed by atoms with Crippen LogP contribution in [0.15, 0.2) is 0 Å². The molecule has 0 saturated carbocycles. The summed E-state index contributed by atoms with van der Waals surface area (Å²) in [4.78, 5) is 53.5. The third-order valence-corrected chi connectivity index (χ3v) is 7.47. The molecule has 2 amide bonds. The van der Waals surface area contributed by atoms with Crippen molar-refractivity contribution < 1.29 is 68.2 Å². The number of hydrogen-bond acceptors (Lipinski definition) is 8. The maximum Gasteiger partial charge on any atom is 1.00 e. The number of nitrogens with zero attached hydrogens (tertiary/aromatic N) is 1. The first-order valence-electron chi connectivity index (χ1n) is 7.86. The number of ether oxygens (including phenoxy) is 2. The number of rotatable bonds is 5. The van der Waals surface area contributed by atoms with Gasteiger partial charge in [-0.3, -0.25) is 14.4 Å². The van der Waals surface area contributed by atoms with E-state index in [9.17, 15) is 24.3 Å². The van der Waals surface area contributed by atoms with Gasteiger partial charge >= 0.3 is 41.6 Å². The van der Waals surface area contributed by atoms with E-state index in [-0.39, 0.29) is 55.6 Å². The minimum atomic E-state index is -2.49. The minimum absolute atomic E-state index is 0. The number of aliphatic carboxylic acids is 1. The minimum Gasteiger partial charge on any atom is -0.544 e. The van der Waals surface area contributed by atoms with E-state index in [1.54, 1.807) is 6.92 Å².